The van der Waals surface area contributed by atoms with Crippen LogP contribution >= 0.6 is 0 Å². The number of nitrogens with zero attached hydrogens (tertiary/aromatic N) is 2. The van der Waals surface area contributed by atoms with E-state index in [1.807, 2.05) is 0 Å². The molecule has 3 heterocycles. The quantitative estimate of drug-likeness (QED) is 0.792. The SMILES string of the molecule is CN1CC2(CC3CCC(C2)N3C(=O)Nc2ccccc2C(F)(F)F)OCC1=O. The molecule has 2 unspecified atom stereocenters. The van der Waals surface area contributed by atoms with Gasteiger partial charge in [0, 0.05) is 25.7 Å². The summed E-state index contributed by atoms with van der Waals surface area (Å²) in [6.45, 7) is 0.506. The number of fused-ring (bicyclic) bond motifs is 2. The van der Waals surface area contributed by atoms with Crippen LogP contribution in [0, 0.1) is 0 Å². The van der Waals surface area contributed by atoms with Crippen molar-refractivity contribution < 1.29 is 27.5 Å². The van der Waals surface area contributed by atoms with Crippen molar-refractivity contribution in [3.05, 3.63) is 29.8 Å². The number of benzene rings is 1. The number of morpholine rings is 1. The Hall–Kier alpha value is -2.29. The van der Waals surface area contributed by atoms with Crippen LogP contribution in [-0.2, 0) is 15.7 Å². The van der Waals surface area contributed by atoms with Crippen molar-refractivity contribution in [1.82, 2.24) is 9.80 Å². The number of halogens is 3. The van der Waals surface area contributed by atoms with E-state index in [1.165, 1.54) is 18.2 Å². The summed E-state index contributed by atoms with van der Waals surface area (Å²) < 4.78 is 45.5. The van der Waals surface area contributed by atoms with Gasteiger partial charge in [0.25, 0.3) is 0 Å². The van der Waals surface area contributed by atoms with Crippen molar-refractivity contribution in [3.8, 4) is 0 Å². The summed E-state index contributed by atoms with van der Waals surface area (Å²) in [5, 5.41) is 2.46. The lowest BCUT2D eigenvalue weighted by atomic mass is 9.84. The molecule has 9 heteroatoms. The molecule has 152 valence electrons. The summed E-state index contributed by atoms with van der Waals surface area (Å²) in [5.41, 5.74) is -1.58. The zero-order valence-electron chi connectivity index (χ0n) is 15.5. The molecule has 0 saturated carbocycles. The molecule has 3 aliphatic heterocycles. The minimum Gasteiger partial charge on any atom is -0.363 e. The van der Waals surface area contributed by atoms with Crippen LogP contribution in [0.1, 0.15) is 31.2 Å². The molecule has 3 aliphatic rings. The number of amides is 3. The van der Waals surface area contributed by atoms with Gasteiger partial charge in [0.1, 0.15) is 6.61 Å². The van der Waals surface area contributed by atoms with Gasteiger partial charge in [0.05, 0.1) is 16.9 Å². The molecule has 0 radical (unpaired) electrons. The number of carbonyl (C=O) groups excluding carboxylic acids is 2. The fourth-order valence-corrected chi connectivity index (χ4v) is 4.79. The molecule has 1 N–H and O–H groups in total. The number of nitrogens with one attached hydrogen (secondary N) is 1. The van der Waals surface area contributed by atoms with Gasteiger partial charge in [-0.3, -0.25) is 4.79 Å². The second kappa shape index (κ2) is 6.65. The van der Waals surface area contributed by atoms with E-state index in [1.54, 1.807) is 16.8 Å². The largest absolute Gasteiger partial charge is 0.418 e. The number of ether oxygens (including phenoxy) is 1. The Bertz CT molecular complexity index is 784. The van der Waals surface area contributed by atoms with Gasteiger partial charge in [-0.05, 0) is 37.8 Å². The standard InChI is InChI=1S/C19H22F3N3O3/c1-24-11-18(28-10-16(24)26)8-12-6-7-13(9-18)25(12)17(27)23-15-5-3-2-4-14(15)19(20,21)22/h2-5,12-13H,6-11H2,1H3,(H,23,27). The first kappa shape index (κ1) is 19.0. The first-order valence-electron chi connectivity index (χ1n) is 9.32. The average molecular weight is 397 g/mol. The third-order valence-electron chi connectivity index (χ3n) is 6.00. The second-order valence-corrected chi connectivity index (χ2v) is 7.90. The minimum absolute atomic E-state index is 0.0289. The maximum atomic E-state index is 13.2. The minimum atomic E-state index is -4.54. The van der Waals surface area contributed by atoms with Crippen molar-refractivity contribution in [2.75, 3.05) is 25.5 Å². The van der Waals surface area contributed by atoms with E-state index in [2.05, 4.69) is 5.32 Å². The van der Waals surface area contributed by atoms with Crippen LogP contribution in [0.25, 0.3) is 0 Å². The Morgan fingerprint density at radius 2 is 1.86 bits per heavy atom. The van der Waals surface area contributed by atoms with Gasteiger partial charge < -0.3 is 19.9 Å². The highest BCUT2D eigenvalue weighted by molar-refractivity contribution is 5.91. The lowest BCUT2D eigenvalue weighted by Gasteiger charge is -2.49. The van der Waals surface area contributed by atoms with E-state index in [0.29, 0.717) is 19.4 Å². The lowest BCUT2D eigenvalue weighted by molar-refractivity contribution is -0.171. The smallest absolute Gasteiger partial charge is 0.363 e. The van der Waals surface area contributed by atoms with Crippen molar-refractivity contribution in [2.45, 2.75) is 49.5 Å². The van der Waals surface area contributed by atoms with Crippen LogP contribution in [0.4, 0.5) is 23.7 Å². The van der Waals surface area contributed by atoms with Crippen molar-refractivity contribution in [3.63, 3.8) is 0 Å². The number of para-hydroxylation sites is 1. The third kappa shape index (κ3) is 3.32. The number of piperidine rings is 1. The van der Waals surface area contributed by atoms with E-state index in [-0.39, 0.29) is 30.3 Å². The first-order chi connectivity index (χ1) is 13.2. The number of rotatable bonds is 1. The Morgan fingerprint density at radius 1 is 1.21 bits per heavy atom. The molecule has 2 atom stereocenters. The predicted molar refractivity (Wildman–Crippen MR) is 94.7 cm³/mol. The summed E-state index contributed by atoms with van der Waals surface area (Å²) in [6.07, 6.45) is -1.82. The van der Waals surface area contributed by atoms with Crippen LogP contribution in [0.2, 0.25) is 0 Å². The van der Waals surface area contributed by atoms with Crippen molar-refractivity contribution >= 4 is 17.6 Å². The van der Waals surface area contributed by atoms with Gasteiger partial charge in [-0.1, -0.05) is 12.1 Å². The van der Waals surface area contributed by atoms with E-state index in [0.717, 1.165) is 18.9 Å². The van der Waals surface area contributed by atoms with Crippen LogP contribution in [0.3, 0.4) is 0 Å². The molecular formula is C19H22F3N3O3. The molecule has 3 saturated heterocycles. The number of alkyl halides is 3. The predicted octanol–water partition coefficient (Wildman–Crippen LogP) is 3.09. The number of hydrogen-bond acceptors (Lipinski definition) is 3. The lowest BCUT2D eigenvalue weighted by Crippen LogP contribution is -2.61. The van der Waals surface area contributed by atoms with E-state index >= 15 is 0 Å². The monoisotopic (exact) mass is 397 g/mol. The normalized spacial score (nSPS) is 30.1. The van der Waals surface area contributed by atoms with Crippen molar-refractivity contribution in [2.24, 2.45) is 0 Å². The fraction of sp³-hybridized carbons (Fsp3) is 0.579. The van der Waals surface area contributed by atoms with E-state index in [9.17, 15) is 22.8 Å². The van der Waals surface area contributed by atoms with Gasteiger partial charge in [0.15, 0.2) is 0 Å². The fourth-order valence-electron chi connectivity index (χ4n) is 4.79. The van der Waals surface area contributed by atoms with E-state index in [4.69, 9.17) is 4.74 Å². The highest BCUT2D eigenvalue weighted by Gasteiger charge is 2.53. The molecule has 1 aromatic carbocycles. The van der Waals surface area contributed by atoms with Crippen LogP contribution in [0.5, 0.6) is 0 Å². The van der Waals surface area contributed by atoms with E-state index < -0.39 is 23.4 Å². The average Bonchev–Trinajstić information content (AvgIpc) is 2.91. The first-order valence-corrected chi connectivity index (χ1v) is 9.32. The molecule has 2 bridgehead atoms. The number of likely N-dealkylation sites (N-methyl/N-ethyl adjacent to an activating group) is 1. The molecule has 3 amide bonds. The zero-order valence-corrected chi connectivity index (χ0v) is 15.5. The molecule has 28 heavy (non-hydrogen) atoms. The molecule has 1 aromatic rings. The molecule has 1 spiro atoms. The summed E-state index contributed by atoms with van der Waals surface area (Å²) >= 11 is 0. The Kier molecular flexibility index (Phi) is 4.52. The molecule has 3 fully saturated rings. The Labute approximate surface area is 160 Å². The summed E-state index contributed by atoms with van der Waals surface area (Å²) in [6, 6.07) is 4.24. The summed E-state index contributed by atoms with van der Waals surface area (Å²) in [5.74, 6) is -0.0677. The van der Waals surface area contributed by atoms with Crippen LogP contribution in [0.15, 0.2) is 24.3 Å². The molecular weight excluding hydrogens is 375 g/mol. The topological polar surface area (TPSA) is 61.9 Å². The molecule has 0 aromatic heterocycles. The summed E-state index contributed by atoms with van der Waals surface area (Å²) in [4.78, 5) is 27.9. The number of hydrogen-bond donors (Lipinski definition) is 1. The van der Waals surface area contributed by atoms with Crippen LogP contribution in [-0.4, -0.2) is 59.6 Å². The molecule has 4 rings (SSSR count). The maximum absolute atomic E-state index is 13.2. The highest BCUT2D eigenvalue weighted by Crippen LogP contribution is 2.44. The summed E-state index contributed by atoms with van der Waals surface area (Å²) in [7, 11) is 1.74. The van der Waals surface area contributed by atoms with Gasteiger partial charge in [-0.2, -0.15) is 13.2 Å². The van der Waals surface area contributed by atoms with Crippen LogP contribution < -0.4 is 5.32 Å². The van der Waals surface area contributed by atoms with Gasteiger partial charge in [-0.15, -0.1) is 0 Å². The Morgan fingerprint density at radius 3 is 2.46 bits per heavy atom. The second-order valence-electron chi connectivity index (χ2n) is 7.90. The number of urea groups is 1. The number of carbonyl (C=O) groups is 2. The van der Waals surface area contributed by atoms with Gasteiger partial charge >= 0.3 is 12.2 Å². The third-order valence-corrected chi connectivity index (χ3v) is 6.00. The molecule has 6 nitrogen and oxygen atoms in total. The molecule has 0 aliphatic carbocycles. The number of anilines is 1. The Balaban J connectivity index is 1.50. The van der Waals surface area contributed by atoms with Crippen molar-refractivity contribution in [1.29, 1.82) is 0 Å². The van der Waals surface area contributed by atoms with Gasteiger partial charge in [-0.25, -0.2) is 4.79 Å². The highest BCUT2D eigenvalue weighted by atomic mass is 19.4. The maximum Gasteiger partial charge on any atom is 0.418 e. The van der Waals surface area contributed by atoms with Gasteiger partial charge in [0.2, 0.25) is 5.91 Å². The zero-order chi connectivity index (χ0) is 20.1.